The predicted octanol–water partition coefficient (Wildman–Crippen LogP) is 8.81. The van der Waals surface area contributed by atoms with E-state index in [1.807, 2.05) is 29.8 Å². The second kappa shape index (κ2) is 14.1. The molecule has 0 unspecified atom stereocenters. The number of imidazole rings is 1. The number of benzene rings is 2. The molecule has 55 heavy (non-hydrogen) atoms. The number of aromatic nitrogens is 3. The largest absolute Gasteiger partial charge is 0.481 e. The molecule has 1 amide bonds. The van der Waals surface area contributed by atoms with E-state index in [2.05, 4.69) is 20.1 Å². The number of pyridine rings is 1. The van der Waals surface area contributed by atoms with Crippen molar-refractivity contribution in [1.82, 2.24) is 24.3 Å². The van der Waals surface area contributed by atoms with E-state index >= 15 is 4.39 Å². The number of carbonyl (C=O) groups is 2. The Morgan fingerprint density at radius 3 is 2.51 bits per heavy atom. The molecule has 2 aromatic carbocycles. The Morgan fingerprint density at radius 1 is 1.00 bits per heavy atom. The number of hydrogen-bond donors (Lipinski definition) is 2. The van der Waals surface area contributed by atoms with Crippen LogP contribution in [0.2, 0.25) is 10.0 Å². The van der Waals surface area contributed by atoms with Crippen LogP contribution < -0.4 is 5.32 Å². The Balaban J connectivity index is 0.881. The molecule has 5 aliphatic rings. The van der Waals surface area contributed by atoms with Crippen LogP contribution in [0.5, 0.6) is 0 Å². The Hall–Kier alpha value is -4.09. The Kier molecular flexibility index (Phi) is 9.39. The summed E-state index contributed by atoms with van der Waals surface area (Å²) in [6, 6.07) is 13.3. The molecule has 0 atom stereocenters. The van der Waals surface area contributed by atoms with Gasteiger partial charge < -0.3 is 15.0 Å². The highest BCUT2D eigenvalue weighted by Crippen LogP contribution is 2.63. The topological polar surface area (TPSA) is 104 Å². The molecule has 9 nitrogen and oxygen atoms in total. The van der Waals surface area contributed by atoms with Gasteiger partial charge in [0, 0.05) is 68.7 Å². The number of rotatable bonds is 10. The molecule has 12 heteroatoms. The average molecular weight is 784 g/mol. The van der Waals surface area contributed by atoms with E-state index in [0.717, 1.165) is 94.5 Å². The van der Waals surface area contributed by atoms with Crippen molar-refractivity contribution in [2.24, 2.45) is 17.9 Å². The van der Waals surface area contributed by atoms with Gasteiger partial charge in [-0.05, 0) is 105 Å². The van der Waals surface area contributed by atoms with Gasteiger partial charge in [-0.1, -0.05) is 53.5 Å². The van der Waals surface area contributed by atoms with Crippen LogP contribution in [0.25, 0.3) is 23.0 Å². The molecule has 9 rings (SSSR count). The average Bonchev–Trinajstić information content (AvgIpc) is 3.76. The molecule has 2 bridgehead atoms. The van der Waals surface area contributed by atoms with E-state index in [1.165, 1.54) is 24.5 Å². The first kappa shape index (κ1) is 36.5. The van der Waals surface area contributed by atoms with Crippen LogP contribution in [-0.4, -0.2) is 67.0 Å². The summed E-state index contributed by atoms with van der Waals surface area (Å²) >= 11 is 13.9. The van der Waals surface area contributed by atoms with Gasteiger partial charge >= 0.3 is 5.97 Å². The molecule has 3 aliphatic carbocycles. The van der Waals surface area contributed by atoms with Gasteiger partial charge in [0.15, 0.2) is 5.82 Å². The third-order valence-corrected chi connectivity index (χ3v) is 14.0. The highest BCUT2D eigenvalue weighted by molar-refractivity contribution is 6.39. The number of nitrogens with one attached hydrogen (secondary N) is 1. The molecule has 286 valence electrons. The molecule has 4 heterocycles. The van der Waals surface area contributed by atoms with Crippen LogP contribution in [0.4, 0.5) is 10.1 Å². The summed E-state index contributed by atoms with van der Waals surface area (Å²) in [6.45, 7) is 4.27. The number of amides is 1. The Labute approximate surface area is 330 Å². The van der Waals surface area contributed by atoms with Gasteiger partial charge in [-0.15, -0.1) is 0 Å². The fourth-order valence-corrected chi connectivity index (χ4v) is 10.3. The summed E-state index contributed by atoms with van der Waals surface area (Å²) in [5.74, 6) is -1.15. The van der Waals surface area contributed by atoms with Crippen molar-refractivity contribution in [3.05, 3.63) is 98.3 Å². The molecule has 0 spiro atoms. The normalized spacial score (nSPS) is 23.8. The van der Waals surface area contributed by atoms with Crippen LogP contribution in [-0.2, 0) is 37.8 Å². The van der Waals surface area contributed by atoms with Gasteiger partial charge in [-0.25, -0.2) is 9.37 Å². The van der Waals surface area contributed by atoms with E-state index in [-0.39, 0.29) is 17.0 Å². The van der Waals surface area contributed by atoms with Gasteiger partial charge in [0.1, 0.15) is 5.83 Å². The molecule has 2 N–H and O–H groups in total. The van der Waals surface area contributed by atoms with Gasteiger partial charge in [-0.3, -0.25) is 24.4 Å². The number of carboxylic acid groups (broad SMARTS) is 1. The van der Waals surface area contributed by atoms with Gasteiger partial charge in [0.2, 0.25) is 0 Å². The lowest BCUT2D eigenvalue weighted by atomic mass is 9.80. The molecule has 3 fully saturated rings. The minimum Gasteiger partial charge on any atom is -0.481 e. The maximum Gasteiger partial charge on any atom is 0.309 e. The number of halogens is 3. The first-order valence-corrected chi connectivity index (χ1v) is 20.3. The highest BCUT2D eigenvalue weighted by Gasteiger charge is 2.57. The van der Waals surface area contributed by atoms with E-state index in [0.29, 0.717) is 50.8 Å². The molecule has 2 aromatic heterocycles. The van der Waals surface area contributed by atoms with Crippen molar-refractivity contribution >= 4 is 52.7 Å². The SMILES string of the molecule is Cn1c(C(=O)Nc2cccc(-c3cccc(/C=C(\F)c4cc5c(cn4)CN(C4CC4)CC5)c3Cl)c2Cl)nc2c1CCN(CCC13CCC(C(=O)O)(CC1)C3)C2. The van der Waals surface area contributed by atoms with E-state index < -0.39 is 17.2 Å². The maximum atomic E-state index is 15.7. The van der Waals surface area contributed by atoms with Crippen LogP contribution >= 0.6 is 23.2 Å². The Morgan fingerprint density at radius 2 is 1.76 bits per heavy atom. The first-order chi connectivity index (χ1) is 26.5. The number of aliphatic carboxylic acids is 1. The number of hydrogen-bond acceptors (Lipinski definition) is 6. The number of fused-ring (bicyclic) bond motifs is 4. The van der Waals surface area contributed by atoms with Crippen LogP contribution in [0.1, 0.15) is 95.8 Å². The number of carboxylic acids is 1. The highest BCUT2D eigenvalue weighted by atomic mass is 35.5. The summed E-state index contributed by atoms with van der Waals surface area (Å²) in [5.41, 5.74) is 6.28. The number of anilines is 1. The minimum absolute atomic E-state index is 0.136. The van der Waals surface area contributed by atoms with Crippen molar-refractivity contribution in [3.8, 4) is 11.1 Å². The number of carbonyl (C=O) groups excluding carboxylic acids is 1. The Bertz CT molecular complexity index is 2240. The zero-order valence-electron chi connectivity index (χ0n) is 31.0. The smallest absolute Gasteiger partial charge is 0.309 e. The van der Waals surface area contributed by atoms with E-state index in [4.69, 9.17) is 28.2 Å². The molecular formula is C43H45Cl2FN6O3. The van der Waals surface area contributed by atoms with Gasteiger partial charge in [-0.2, -0.15) is 0 Å². The summed E-state index contributed by atoms with van der Waals surface area (Å²) < 4.78 is 17.6. The molecule has 0 saturated heterocycles. The standard InChI is InChI=1S/C43H45Cl2FN6O3/c1-50-36-11-17-51(19-16-42-12-14-43(25-42,15-13-42)41(54)55)24-35(36)48-39(50)40(53)49-33-7-3-6-31(38(33)45)30-5-2-4-27(37(30)44)20-32(46)34-21-26-10-18-52(29-8-9-29)23-28(26)22-47-34/h2-7,20-22,29H,8-19,23-25H2,1H3,(H,49,53)(H,54,55)/b32-20-. The molecule has 0 radical (unpaired) electrons. The monoisotopic (exact) mass is 782 g/mol. The van der Waals surface area contributed by atoms with Crippen LogP contribution in [0.15, 0.2) is 48.7 Å². The van der Waals surface area contributed by atoms with Crippen molar-refractivity contribution in [2.45, 2.75) is 83.3 Å². The summed E-state index contributed by atoms with van der Waals surface area (Å²) in [5, 5.41) is 13.4. The van der Waals surface area contributed by atoms with Crippen LogP contribution in [0.3, 0.4) is 0 Å². The summed E-state index contributed by atoms with van der Waals surface area (Å²) in [4.78, 5) is 39.8. The lowest BCUT2D eigenvalue weighted by Gasteiger charge is -2.32. The zero-order valence-corrected chi connectivity index (χ0v) is 32.5. The van der Waals surface area contributed by atoms with E-state index in [9.17, 15) is 14.7 Å². The van der Waals surface area contributed by atoms with Crippen molar-refractivity contribution in [3.63, 3.8) is 0 Å². The van der Waals surface area contributed by atoms with Crippen molar-refractivity contribution in [1.29, 1.82) is 0 Å². The second-order valence-electron chi connectivity index (χ2n) is 16.5. The lowest BCUT2D eigenvalue weighted by molar-refractivity contribution is -0.148. The third-order valence-electron chi connectivity index (χ3n) is 13.2. The molecule has 3 saturated carbocycles. The predicted molar refractivity (Wildman–Crippen MR) is 213 cm³/mol. The van der Waals surface area contributed by atoms with Gasteiger partial charge in [0.05, 0.1) is 32.5 Å². The quantitative estimate of drug-likeness (QED) is 0.166. The third kappa shape index (κ3) is 6.79. The van der Waals surface area contributed by atoms with Gasteiger partial charge in [0.25, 0.3) is 5.91 Å². The lowest BCUT2D eigenvalue weighted by Crippen LogP contribution is -2.34. The summed E-state index contributed by atoms with van der Waals surface area (Å²) in [7, 11) is 1.87. The zero-order chi connectivity index (χ0) is 38.1. The van der Waals surface area contributed by atoms with E-state index in [1.54, 1.807) is 30.5 Å². The number of nitrogens with zero attached hydrogens (tertiary/aromatic N) is 5. The molecular weight excluding hydrogens is 738 g/mol. The molecule has 4 aromatic rings. The fourth-order valence-electron chi connectivity index (χ4n) is 9.77. The summed E-state index contributed by atoms with van der Waals surface area (Å²) in [6.07, 6.45) is 12.8. The van der Waals surface area contributed by atoms with Crippen molar-refractivity contribution < 1.29 is 19.1 Å². The minimum atomic E-state index is -0.626. The first-order valence-electron chi connectivity index (χ1n) is 19.5. The molecule has 2 aliphatic heterocycles. The van der Waals surface area contributed by atoms with Crippen LogP contribution in [0, 0.1) is 10.8 Å². The van der Waals surface area contributed by atoms with Crippen molar-refractivity contribution in [2.75, 3.05) is 25.0 Å². The fraction of sp³-hybridized carbons (Fsp3) is 0.442. The maximum absolute atomic E-state index is 15.7. The second-order valence-corrected chi connectivity index (χ2v) is 17.3.